The van der Waals surface area contributed by atoms with Gasteiger partial charge < -0.3 is 9.47 Å². The molecule has 138 valence electrons. The maximum absolute atomic E-state index is 11.5. The number of rotatable bonds is 17. The molecule has 0 aliphatic heterocycles. The van der Waals surface area contributed by atoms with Crippen LogP contribution in [-0.4, -0.2) is 25.3 Å². The van der Waals surface area contributed by atoms with E-state index in [9.17, 15) is 4.79 Å². The minimum absolute atomic E-state index is 0.0505. The Hall–Kier alpha value is -0.570. The Bertz CT molecular complexity index is 251. The van der Waals surface area contributed by atoms with E-state index in [0.717, 1.165) is 19.3 Å². The number of ether oxygens (including phenoxy) is 2. The van der Waals surface area contributed by atoms with Crippen molar-refractivity contribution in [3.63, 3.8) is 0 Å². The van der Waals surface area contributed by atoms with E-state index in [1.807, 2.05) is 13.8 Å². The molecule has 0 atom stereocenters. The van der Waals surface area contributed by atoms with E-state index in [4.69, 9.17) is 9.47 Å². The van der Waals surface area contributed by atoms with Crippen molar-refractivity contribution in [1.29, 1.82) is 0 Å². The van der Waals surface area contributed by atoms with Crippen molar-refractivity contribution in [2.75, 3.05) is 13.2 Å². The maximum atomic E-state index is 11.5. The van der Waals surface area contributed by atoms with Gasteiger partial charge in [0, 0.05) is 12.8 Å². The third-order valence-electron chi connectivity index (χ3n) is 3.99. The Balaban J connectivity index is 3.14. The second-order valence-electron chi connectivity index (χ2n) is 6.78. The zero-order valence-corrected chi connectivity index (χ0v) is 15.9. The van der Waals surface area contributed by atoms with Gasteiger partial charge in [0.05, 0.1) is 19.3 Å². The van der Waals surface area contributed by atoms with Crippen LogP contribution in [-0.2, 0) is 14.3 Å². The first-order valence-corrected chi connectivity index (χ1v) is 9.94. The lowest BCUT2D eigenvalue weighted by atomic mass is 10.1. The quantitative estimate of drug-likeness (QED) is 0.241. The fourth-order valence-electron chi connectivity index (χ4n) is 2.57. The van der Waals surface area contributed by atoms with Gasteiger partial charge in [-0.15, -0.1) is 0 Å². The first kappa shape index (κ1) is 22.4. The summed E-state index contributed by atoms with van der Waals surface area (Å²) in [5, 5.41) is 0. The van der Waals surface area contributed by atoms with Crippen molar-refractivity contribution in [3.05, 3.63) is 0 Å². The number of hydrogen-bond donors (Lipinski definition) is 0. The molecule has 0 N–H and O–H groups in total. The summed E-state index contributed by atoms with van der Waals surface area (Å²) in [5.74, 6) is -0.0505. The topological polar surface area (TPSA) is 35.5 Å². The summed E-state index contributed by atoms with van der Waals surface area (Å²) in [7, 11) is 0. The lowest BCUT2D eigenvalue weighted by Gasteiger charge is -2.08. The van der Waals surface area contributed by atoms with Crippen LogP contribution in [0.4, 0.5) is 0 Å². The van der Waals surface area contributed by atoms with Crippen LogP contribution in [0.1, 0.15) is 104 Å². The van der Waals surface area contributed by atoms with Gasteiger partial charge >= 0.3 is 5.97 Å². The van der Waals surface area contributed by atoms with Gasteiger partial charge in [-0.1, -0.05) is 71.1 Å². The number of hydrogen-bond acceptors (Lipinski definition) is 3. The minimum atomic E-state index is -0.0505. The fourth-order valence-corrected chi connectivity index (χ4v) is 2.57. The second-order valence-corrected chi connectivity index (χ2v) is 6.78. The molecule has 3 nitrogen and oxygen atoms in total. The molecule has 0 fully saturated rings. The zero-order chi connectivity index (χ0) is 17.2. The van der Waals surface area contributed by atoms with E-state index in [0.29, 0.717) is 19.6 Å². The predicted molar refractivity (Wildman–Crippen MR) is 97.7 cm³/mol. The minimum Gasteiger partial charge on any atom is -0.466 e. The van der Waals surface area contributed by atoms with Crippen LogP contribution in [0.25, 0.3) is 0 Å². The summed E-state index contributed by atoms with van der Waals surface area (Å²) in [6.07, 6.45) is 16.0. The highest BCUT2D eigenvalue weighted by molar-refractivity contribution is 5.69. The first-order valence-electron chi connectivity index (χ1n) is 9.94. The van der Waals surface area contributed by atoms with Gasteiger partial charge in [-0.2, -0.15) is 0 Å². The molecule has 0 aliphatic carbocycles. The lowest BCUT2D eigenvalue weighted by Crippen LogP contribution is -2.10. The van der Waals surface area contributed by atoms with Gasteiger partial charge in [0.25, 0.3) is 0 Å². The van der Waals surface area contributed by atoms with Gasteiger partial charge in [0.1, 0.15) is 0 Å². The van der Waals surface area contributed by atoms with Crippen LogP contribution in [0.15, 0.2) is 0 Å². The zero-order valence-electron chi connectivity index (χ0n) is 15.9. The molecule has 0 unspecified atom stereocenters. The van der Waals surface area contributed by atoms with Crippen LogP contribution in [0.5, 0.6) is 0 Å². The van der Waals surface area contributed by atoms with Gasteiger partial charge in [-0.05, 0) is 20.3 Å². The van der Waals surface area contributed by atoms with E-state index in [1.54, 1.807) is 0 Å². The molecule has 0 heterocycles. The van der Waals surface area contributed by atoms with Crippen LogP contribution >= 0.6 is 0 Å². The molecule has 0 aromatic carbocycles. The average molecular weight is 329 g/mol. The summed E-state index contributed by atoms with van der Waals surface area (Å²) in [6.45, 7) is 7.45. The maximum Gasteiger partial charge on any atom is 0.305 e. The van der Waals surface area contributed by atoms with Crippen molar-refractivity contribution in [2.45, 2.75) is 110 Å². The molecule has 0 spiro atoms. The van der Waals surface area contributed by atoms with Crippen molar-refractivity contribution in [2.24, 2.45) is 0 Å². The molecule has 23 heavy (non-hydrogen) atoms. The molecule has 0 amide bonds. The number of unbranched alkanes of at least 4 members (excludes halogenated alkanes) is 10. The molecule has 0 bridgehead atoms. The van der Waals surface area contributed by atoms with Gasteiger partial charge in [-0.25, -0.2) is 0 Å². The summed E-state index contributed by atoms with van der Waals surface area (Å²) < 4.78 is 10.6. The molecular formula is C20H40O3. The SMILES string of the molecule is CCCCCCCCCCCCCC(=O)OCCCOC(C)C. The molecule has 0 aromatic heterocycles. The predicted octanol–water partition coefficient (Wildman–Crippen LogP) is 6.05. The molecule has 0 aromatic rings. The highest BCUT2D eigenvalue weighted by Gasteiger charge is 2.02. The van der Waals surface area contributed by atoms with Crippen LogP contribution in [0.3, 0.4) is 0 Å². The second kappa shape index (κ2) is 17.8. The van der Waals surface area contributed by atoms with Crippen LogP contribution in [0.2, 0.25) is 0 Å². The van der Waals surface area contributed by atoms with Gasteiger partial charge in [0.15, 0.2) is 0 Å². The third kappa shape index (κ3) is 19.4. The molecule has 3 heteroatoms. The highest BCUT2D eigenvalue weighted by Crippen LogP contribution is 2.12. The summed E-state index contributed by atoms with van der Waals surface area (Å²) in [4.78, 5) is 11.5. The summed E-state index contributed by atoms with van der Waals surface area (Å²) in [5.41, 5.74) is 0. The largest absolute Gasteiger partial charge is 0.466 e. The highest BCUT2D eigenvalue weighted by atomic mass is 16.5. The number of carbonyl (C=O) groups is 1. The van der Waals surface area contributed by atoms with Crippen molar-refractivity contribution in [3.8, 4) is 0 Å². The Kier molecular flexibility index (Phi) is 17.3. The lowest BCUT2D eigenvalue weighted by molar-refractivity contribution is -0.144. The van der Waals surface area contributed by atoms with Crippen LogP contribution in [0, 0.1) is 0 Å². The van der Waals surface area contributed by atoms with Crippen molar-refractivity contribution < 1.29 is 14.3 Å². The smallest absolute Gasteiger partial charge is 0.305 e. The van der Waals surface area contributed by atoms with E-state index in [2.05, 4.69) is 6.92 Å². The Morgan fingerprint density at radius 3 is 1.78 bits per heavy atom. The standard InChI is InChI=1S/C20H40O3/c1-4-5-6-7-8-9-10-11-12-13-14-16-20(21)23-18-15-17-22-19(2)3/h19H,4-18H2,1-3H3. The summed E-state index contributed by atoms with van der Waals surface area (Å²) in [6, 6.07) is 0. The van der Waals surface area contributed by atoms with Crippen molar-refractivity contribution in [1.82, 2.24) is 0 Å². The monoisotopic (exact) mass is 328 g/mol. The Labute approximate surface area is 144 Å². The van der Waals surface area contributed by atoms with Gasteiger partial charge in [-0.3, -0.25) is 4.79 Å². The van der Waals surface area contributed by atoms with E-state index in [1.165, 1.54) is 57.8 Å². The molecule has 0 radical (unpaired) electrons. The fraction of sp³-hybridized carbons (Fsp3) is 0.950. The third-order valence-corrected chi connectivity index (χ3v) is 3.99. The number of esters is 1. The van der Waals surface area contributed by atoms with Crippen molar-refractivity contribution >= 4 is 5.97 Å². The Morgan fingerprint density at radius 1 is 0.739 bits per heavy atom. The molecule has 0 saturated heterocycles. The average Bonchev–Trinajstić information content (AvgIpc) is 2.52. The molecule has 0 aliphatic rings. The van der Waals surface area contributed by atoms with E-state index in [-0.39, 0.29) is 12.1 Å². The van der Waals surface area contributed by atoms with Gasteiger partial charge in [0.2, 0.25) is 0 Å². The number of carbonyl (C=O) groups excluding carboxylic acids is 1. The molecular weight excluding hydrogens is 288 g/mol. The first-order chi connectivity index (χ1) is 11.2. The van der Waals surface area contributed by atoms with Crippen LogP contribution < -0.4 is 0 Å². The van der Waals surface area contributed by atoms with E-state index < -0.39 is 0 Å². The molecule has 0 rings (SSSR count). The summed E-state index contributed by atoms with van der Waals surface area (Å²) >= 11 is 0. The normalized spacial score (nSPS) is 11.1. The molecule has 0 saturated carbocycles. The Morgan fingerprint density at radius 2 is 1.26 bits per heavy atom. The van der Waals surface area contributed by atoms with E-state index >= 15 is 0 Å².